The van der Waals surface area contributed by atoms with Gasteiger partial charge in [-0.1, -0.05) is 13.0 Å². The molecule has 1 aromatic rings. The summed E-state index contributed by atoms with van der Waals surface area (Å²) in [6.45, 7) is 5.64. The van der Waals surface area contributed by atoms with Crippen LogP contribution in [0.25, 0.3) is 0 Å². The first kappa shape index (κ1) is 21.2. The van der Waals surface area contributed by atoms with Gasteiger partial charge in [0.1, 0.15) is 17.7 Å². The maximum Gasteiger partial charge on any atom is 0.208 e. The fraction of sp³-hybridized carbons (Fsp3) is 0.562. The molecule has 0 saturated carbocycles. The lowest BCUT2D eigenvalue weighted by Crippen LogP contribution is -2.42. The third-order valence-corrected chi connectivity index (χ3v) is 3.86. The molecule has 0 heterocycles. The highest BCUT2D eigenvalue weighted by Crippen LogP contribution is 2.15. The van der Waals surface area contributed by atoms with Crippen LogP contribution in [0.4, 0.5) is 4.39 Å². The van der Waals surface area contributed by atoms with Crippen LogP contribution in [0.15, 0.2) is 29.3 Å². The molecule has 3 N–H and O–H groups in total. The van der Waals surface area contributed by atoms with Gasteiger partial charge in [0.15, 0.2) is 5.96 Å². The van der Waals surface area contributed by atoms with Crippen molar-refractivity contribution in [3.63, 3.8) is 0 Å². The summed E-state index contributed by atoms with van der Waals surface area (Å²) in [4.78, 5) is 4.44. The Kier molecular flexibility index (Phi) is 9.22. The second-order valence-electron chi connectivity index (χ2n) is 5.42. The molecule has 0 aromatic heterocycles. The number of hydrogen-bond acceptors (Lipinski definition) is 4. The zero-order chi connectivity index (χ0) is 18.7. The lowest BCUT2D eigenvalue weighted by molar-refractivity contribution is 0.205. The van der Waals surface area contributed by atoms with E-state index >= 15 is 0 Å². The lowest BCUT2D eigenvalue weighted by atomic mass is 10.2. The van der Waals surface area contributed by atoms with E-state index in [1.54, 1.807) is 12.1 Å². The molecule has 7 nitrogen and oxygen atoms in total. The van der Waals surface area contributed by atoms with Crippen LogP contribution in [0.3, 0.4) is 0 Å². The third-order valence-electron chi connectivity index (χ3n) is 3.13. The maximum absolute atomic E-state index is 13.2. The summed E-state index contributed by atoms with van der Waals surface area (Å²) >= 11 is 0. The van der Waals surface area contributed by atoms with Crippen LogP contribution in [0.2, 0.25) is 0 Å². The average molecular weight is 374 g/mol. The highest BCUT2D eigenvalue weighted by atomic mass is 32.2. The van der Waals surface area contributed by atoms with Crippen molar-refractivity contribution in [2.24, 2.45) is 4.99 Å². The number of sulfonamides is 1. The van der Waals surface area contributed by atoms with Crippen molar-refractivity contribution in [2.75, 3.05) is 32.4 Å². The SMILES string of the molecule is CCNC(=NCC(CC)Oc1cccc(F)c1)NCCNS(C)(=O)=O. The summed E-state index contributed by atoms with van der Waals surface area (Å²) in [5.41, 5.74) is 0. The van der Waals surface area contributed by atoms with Gasteiger partial charge in [0.2, 0.25) is 10.0 Å². The van der Waals surface area contributed by atoms with Crippen LogP contribution >= 0.6 is 0 Å². The number of nitrogens with one attached hydrogen (secondary N) is 3. The van der Waals surface area contributed by atoms with Crippen LogP contribution in [-0.4, -0.2) is 52.9 Å². The number of guanidine groups is 1. The Balaban J connectivity index is 2.55. The Labute approximate surface area is 149 Å². The lowest BCUT2D eigenvalue weighted by Gasteiger charge is -2.17. The highest BCUT2D eigenvalue weighted by Gasteiger charge is 2.09. The zero-order valence-electron chi connectivity index (χ0n) is 14.9. The van der Waals surface area contributed by atoms with Crippen LogP contribution in [-0.2, 0) is 10.0 Å². The van der Waals surface area contributed by atoms with Crippen molar-refractivity contribution in [1.82, 2.24) is 15.4 Å². The number of nitrogens with zero attached hydrogens (tertiary/aromatic N) is 1. The molecular weight excluding hydrogens is 347 g/mol. The predicted octanol–water partition coefficient (Wildman–Crippen LogP) is 1.09. The zero-order valence-corrected chi connectivity index (χ0v) is 15.7. The minimum atomic E-state index is -3.20. The topological polar surface area (TPSA) is 91.8 Å². The van der Waals surface area contributed by atoms with E-state index in [4.69, 9.17) is 4.74 Å². The number of ether oxygens (including phenoxy) is 1. The van der Waals surface area contributed by atoms with Gasteiger partial charge in [0, 0.05) is 25.7 Å². The van der Waals surface area contributed by atoms with Crippen molar-refractivity contribution in [3.05, 3.63) is 30.1 Å². The van der Waals surface area contributed by atoms with E-state index in [9.17, 15) is 12.8 Å². The average Bonchev–Trinajstić information content (AvgIpc) is 2.54. The van der Waals surface area contributed by atoms with E-state index in [1.807, 2.05) is 13.8 Å². The monoisotopic (exact) mass is 374 g/mol. The molecule has 0 fully saturated rings. The molecule has 9 heteroatoms. The van der Waals surface area contributed by atoms with Gasteiger partial charge in [0.25, 0.3) is 0 Å². The Bertz CT molecular complexity index is 653. The van der Waals surface area contributed by atoms with Gasteiger partial charge in [-0.25, -0.2) is 22.5 Å². The molecule has 0 spiro atoms. The Morgan fingerprint density at radius 3 is 2.64 bits per heavy atom. The fourth-order valence-corrected chi connectivity index (χ4v) is 2.41. The van der Waals surface area contributed by atoms with Crippen molar-refractivity contribution in [3.8, 4) is 5.75 Å². The first-order valence-electron chi connectivity index (χ1n) is 8.23. The maximum atomic E-state index is 13.2. The Morgan fingerprint density at radius 1 is 1.28 bits per heavy atom. The molecule has 0 amide bonds. The van der Waals surface area contributed by atoms with Crippen molar-refractivity contribution < 1.29 is 17.5 Å². The van der Waals surface area contributed by atoms with E-state index in [-0.39, 0.29) is 18.5 Å². The van der Waals surface area contributed by atoms with Gasteiger partial charge in [-0.3, -0.25) is 0 Å². The molecule has 0 saturated heterocycles. The van der Waals surface area contributed by atoms with E-state index in [1.165, 1.54) is 12.1 Å². The molecular formula is C16H27FN4O3S. The minimum Gasteiger partial charge on any atom is -0.488 e. The smallest absolute Gasteiger partial charge is 0.208 e. The normalized spacial score (nSPS) is 13.4. The van der Waals surface area contributed by atoms with Crippen molar-refractivity contribution in [2.45, 2.75) is 26.4 Å². The molecule has 25 heavy (non-hydrogen) atoms. The molecule has 0 aliphatic heterocycles. The Morgan fingerprint density at radius 2 is 2.04 bits per heavy atom. The third kappa shape index (κ3) is 9.88. The van der Waals surface area contributed by atoms with Gasteiger partial charge in [-0.15, -0.1) is 0 Å². The number of benzene rings is 1. The summed E-state index contributed by atoms with van der Waals surface area (Å²) in [5, 5.41) is 6.12. The van der Waals surface area contributed by atoms with Gasteiger partial charge in [-0.2, -0.15) is 0 Å². The summed E-state index contributed by atoms with van der Waals surface area (Å²) in [6.07, 6.45) is 1.64. The van der Waals surface area contributed by atoms with Crippen LogP contribution in [0.1, 0.15) is 20.3 Å². The quantitative estimate of drug-likeness (QED) is 0.324. The van der Waals surface area contributed by atoms with E-state index in [2.05, 4.69) is 20.3 Å². The summed E-state index contributed by atoms with van der Waals surface area (Å²) in [7, 11) is -3.20. The molecule has 0 aliphatic carbocycles. The number of hydrogen-bond donors (Lipinski definition) is 3. The molecule has 0 aliphatic rings. The van der Waals surface area contributed by atoms with E-state index in [0.29, 0.717) is 31.3 Å². The first-order valence-corrected chi connectivity index (χ1v) is 10.1. The second kappa shape index (κ2) is 10.9. The van der Waals surface area contributed by atoms with Crippen LogP contribution < -0.4 is 20.1 Å². The predicted molar refractivity (Wildman–Crippen MR) is 97.9 cm³/mol. The number of halogens is 1. The Hall–Kier alpha value is -1.87. The molecule has 142 valence electrons. The molecule has 1 atom stereocenters. The van der Waals surface area contributed by atoms with Gasteiger partial charge >= 0.3 is 0 Å². The van der Waals surface area contributed by atoms with Gasteiger partial charge in [0.05, 0.1) is 12.8 Å². The van der Waals surface area contributed by atoms with Crippen LogP contribution in [0.5, 0.6) is 5.75 Å². The largest absolute Gasteiger partial charge is 0.488 e. The fourth-order valence-electron chi connectivity index (χ4n) is 1.93. The van der Waals surface area contributed by atoms with Crippen LogP contribution in [0, 0.1) is 5.82 Å². The molecule has 1 rings (SSSR count). The summed E-state index contributed by atoms with van der Waals surface area (Å²) in [6, 6.07) is 6.01. The first-order chi connectivity index (χ1) is 11.8. The minimum absolute atomic E-state index is 0.189. The molecule has 0 radical (unpaired) electrons. The number of aliphatic imine (C=N–C) groups is 1. The summed E-state index contributed by atoms with van der Waals surface area (Å²) < 4.78 is 43.4. The highest BCUT2D eigenvalue weighted by molar-refractivity contribution is 7.88. The molecule has 0 bridgehead atoms. The second-order valence-corrected chi connectivity index (χ2v) is 7.25. The van der Waals surface area contributed by atoms with Crippen molar-refractivity contribution in [1.29, 1.82) is 0 Å². The van der Waals surface area contributed by atoms with E-state index < -0.39 is 10.0 Å². The van der Waals surface area contributed by atoms with Gasteiger partial charge in [-0.05, 0) is 25.5 Å². The van der Waals surface area contributed by atoms with E-state index in [0.717, 1.165) is 12.7 Å². The standard InChI is InChI=1S/C16H27FN4O3S/c1-4-14(24-15-8-6-7-13(17)11-15)12-20-16(18-5-2)19-9-10-21-25(3,22)23/h6-8,11,14,21H,4-5,9-10,12H2,1-3H3,(H2,18,19,20). The molecule has 1 unspecified atom stereocenters. The van der Waals surface area contributed by atoms with Gasteiger partial charge < -0.3 is 15.4 Å². The van der Waals surface area contributed by atoms with Crippen molar-refractivity contribution >= 4 is 16.0 Å². The molecule has 1 aromatic carbocycles. The number of rotatable bonds is 10. The summed E-state index contributed by atoms with van der Waals surface area (Å²) in [5.74, 6) is 0.695.